The largest absolute Gasteiger partial charge is 0.352 e. The number of benzene rings is 1. The van der Waals surface area contributed by atoms with Gasteiger partial charge >= 0.3 is 6.03 Å². The Morgan fingerprint density at radius 3 is 2.56 bits per heavy atom. The molecule has 1 aromatic carbocycles. The lowest BCUT2D eigenvalue weighted by molar-refractivity contribution is 0.194. The lowest BCUT2D eigenvalue weighted by Gasteiger charge is -2.36. The summed E-state index contributed by atoms with van der Waals surface area (Å²) in [5, 5.41) is 4.32. The quantitative estimate of drug-likeness (QED) is 0.564. The van der Waals surface area contributed by atoms with E-state index in [2.05, 4.69) is 31.0 Å². The standard InChI is InChI=1S/C27H35N5OS/c1-18-29-24(23-21-11-10-20(27(2,3)4)16-22(21)34-25(23)30-18)31-12-14-32(15-13-31)26(33)28-17-19-8-6-5-7-9-19/h5-9,20H,10-17H2,1-4H3,(H,28,33)/t20-/m1/s1. The van der Waals surface area contributed by atoms with Gasteiger partial charge in [-0.05, 0) is 48.6 Å². The van der Waals surface area contributed by atoms with Gasteiger partial charge in [0.25, 0.3) is 0 Å². The zero-order valence-corrected chi connectivity index (χ0v) is 21.5. The van der Waals surface area contributed by atoms with E-state index in [1.807, 2.05) is 53.5 Å². The number of urea groups is 1. The molecule has 2 amide bonds. The Kier molecular flexibility index (Phi) is 6.23. The number of hydrogen-bond acceptors (Lipinski definition) is 5. The third-order valence-electron chi connectivity index (χ3n) is 7.38. The van der Waals surface area contributed by atoms with Gasteiger partial charge in [-0.2, -0.15) is 0 Å². The zero-order valence-electron chi connectivity index (χ0n) is 20.7. The number of amides is 2. The van der Waals surface area contributed by atoms with E-state index in [4.69, 9.17) is 9.97 Å². The molecule has 5 rings (SSSR count). The molecule has 1 fully saturated rings. The number of nitrogens with zero attached hydrogens (tertiary/aromatic N) is 4. The molecule has 0 spiro atoms. The van der Waals surface area contributed by atoms with E-state index in [-0.39, 0.29) is 6.03 Å². The predicted octanol–water partition coefficient (Wildman–Crippen LogP) is 5.18. The van der Waals surface area contributed by atoms with Crippen LogP contribution in [0.3, 0.4) is 0 Å². The van der Waals surface area contributed by atoms with Gasteiger partial charge in [0, 0.05) is 37.6 Å². The van der Waals surface area contributed by atoms with Crippen molar-refractivity contribution in [1.82, 2.24) is 20.2 Å². The number of piperazine rings is 1. The molecule has 2 aromatic heterocycles. The zero-order chi connectivity index (χ0) is 23.9. The molecule has 180 valence electrons. The number of fused-ring (bicyclic) bond motifs is 3. The molecule has 0 saturated carbocycles. The molecule has 34 heavy (non-hydrogen) atoms. The first-order valence-electron chi connectivity index (χ1n) is 12.4. The smallest absolute Gasteiger partial charge is 0.317 e. The van der Waals surface area contributed by atoms with Crippen LogP contribution in [0.2, 0.25) is 0 Å². The summed E-state index contributed by atoms with van der Waals surface area (Å²) in [6, 6.07) is 10.1. The molecule has 2 aliphatic rings. The minimum atomic E-state index is 0.00801. The number of carbonyl (C=O) groups excluding carboxylic acids is 1. The lowest BCUT2D eigenvalue weighted by Crippen LogP contribution is -2.52. The maximum atomic E-state index is 12.7. The van der Waals surface area contributed by atoms with E-state index in [9.17, 15) is 4.79 Å². The maximum absolute atomic E-state index is 12.7. The summed E-state index contributed by atoms with van der Waals surface area (Å²) < 4.78 is 0. The normalized spacial score (nSPS) is 18.8. The number of nitrogens with one attached hydrogen (secondary N) is 1. The summed E-state index contributed by atoms with van der Waals surface area (Å²) in [6.45, 7) is 12.6. The van der Waals surface area contributed by atoms with Gasteiger partial charge in [-0.25, -0.2) is 14.8 Å². The molecule has 3 heterocycles. The van der Waals surface area contributed by atoms with Gasteiger partial charge < -0.3 is 15.1 Å². The van der Waals surface area contributed by atoms with Gasteiger partial charge in [0.05, 0.1) is 5.39 Å². The minimum Gasteiger partial charge on any atom is -0.352 e. The van der Waals surface area contributed by atoms with Crippen molar-refractivity contribution in [1.29, 1.82) is 0 Å². The molecular weight excluding hydrogens is 442 g/mol. The van der Waals surface area contributed by atoms with Crippen LogP contribution in [0.15, 0.2) is 30.3 Å². The molecule has 3 aromatic rings. The highest BCUT2D eigenvalue weighted by Crippen LogP contribution is 2.45. The summed E-state index contributed by atoms with van der Waals surface area (Å²) in [5.74, 6) is 2.61. The fourth-order valence-corrected chi connectivity index (χ4v) is 6.58. The molecule has 1 aliphatic heterocycles. The summed E-state index contributed by atoms with van der Waals surface area (Å²) in [4.78, 5) is 29.4. The Bertz CT molecular complexity index is 1180. The van der Waals surface area contributed by atoms with Crippen LogP contribution in [0, 0.1) is 18.3 Å². The van der Waals surface area contributed by atoms with Crippen molar-refractivity contribution >= 4 is 33.4 Å². The van der Waals surface area contributed by atoms with Crippen LogP contribution < -0.4 is 10.2 Å². The average molecular weight is 478 g/mol. The molecule has 7 heteroatoms. The first-order chi connectivity index (χ1) is 16.3. The number of rotatable bonds is 3. The third-order valence-corrected chi connectivity index (χ3v) is 8.53. The van der Waals surface area contributed by atoms with Crippen LogP contribution in [-0.4, -0.2) is 47.1 Å². The topological polar surface area (TPSA) is 61.4 Å². The molecule has 1 atom stereocenters. The second-order valence-electron chi connectivity index (χ2n) is 10.7. The summed E-state index contributed by atoms with van der Waals surface area (Å²) >= 11 is 1.87. The second-order valence-corrected chi connectivity index (χ2v) is 11.8. The van der Waals surface area contributed by atoms with Gasteiger partial charge in [0.1, 0.15) is 16.5 Å². The maximum Gasteiger partial charge on any atom is 0.317 e. The van der Waals surface area contributed by atoms with E-state index in [1.165, 1.54) is 22.2 Å². The first-order valence-corrected chi connectivity index (χ1v) is 13.2. The fourth-order valence-electron chi connectivity index (χ4n) is 5.24. The first kappa shape index (κ1) is 23.1. The van der Waals surface area contributed by atoms with Gasteiger partial charge in [0.2, 0.25) is 0 Å². The van der Waals surface area contributed by atoms with Crippen LogP contribution in [0.25, 0.3) is 10.2 Å². The van der Waals surface area contributed by atoms with Crippen LogP contribution >= 0.6 is 11.3 Å². The predicted molar refractivity (Wildman–Crippen MR) is 140 cm³/mol. The summed E-state index contributed by atoms with van der Waals surface area (Å²) in [7, 11) is 0. The Labute approximate surface area is 206 Å². The number of aryl methyl sites for hydroxylation is 2. The lowest BCUT2D eigenvalue weighted by atomic mass is 9.72. The van der Waals surface area contributed by atoms with E-state index >= 15 is 0 Å². The van der Waals surface area contributed by atoms with Crippen molar-refractivity contribution in [2.24, 2.45) is 11.3 Å². The number of anilines is 1. The molecule has 6 nitrogen and oxygen atoms in total. The highest BCUT2D eigenvalue weighted by atomic mass is 32.1. The van der Waals surface area contributed by atoms with Crippen LogP contribution in [0.1, 0.15) is 49.0 Å². The number of aromatic nitrogens is 2. The van der Waals surface area contributed by atoms with Crippen molar-refractivity contribution in [3.63, 3.8) is 0 Å². The molecule has 1 saturated heterocycles. The van der Waals surface area contributed by atoms with E-state index < -0.39 is 0 Å². The SMILES string of the molecule is Cc1nc(N2CCN(C(=O)NCc3ccccc3)CC2)c2c3c(sc2n1)C[C@H](C(C)(C)C)CC3. The van der Waals surface area contributed by atoms with Crippen LogP contribution in [-0.2, 0) is 19.4 Å². The molecule has 0 radical (unpaired) electrons. The van der Waals surface area contributed by atoms with Crippen molar-refractivity contribution in [3.05, 3.63) is 52.2 Å². The molecule has 0 bridgehead atoms. The van der Waals surface area contributed by atoms with Crippen molar-refractivity contribution in [2.75, 3.05) is 31.1 Å². The Balaban J connectivity index is 1.31. The number of thiophene rings is 1. The highest BCUT2D eigenvalue weighted by molar-refractivity contribution is 7.19. The Morgan fingerprint density at radius 2 is 1.85 bits per heavy atom. The Hall–Kier alpha value is -2.67. The van der Waals surface area contributed by atoms with Gasteiger partial charge in [-0.15, -0.1) is 11.3 Å². The van der Waals surface area contributed by atoms with Crippen LogP contribution in [0.5, 0.6) is 0 Å². The fraction of sp³-hybridized carbons (Fsp3) is 0.519. The Morgan fingerprint density at radius 1 is 1.12 bits per heavy atom. The second kappa shape index (κ2) is 9.17. The molecule has 1 N–H and O–H groups in total. The van der Waals surface area contributed by atoms with Crippen LogP contribution in [0.4, 0.5) is 10.6 Å². The minimum absolute atomic E-state index is 0.00801. The number of hydrogen-bond donors (Lipinski definition) is 1. The molecular formula is C27H35N5OS. The van der Waals surface area contributed by atoms with E-state index in [1.54, 1.807) is 0 Å². The molecule has 1 aliphatic carbocycles. The summed E-state index contributed by atoms with van der Waals surface area (Å²) in [6.07, 6.45) is 3.48. The van der Waals surface area contributed by atoms with Gasteiger partial charge in [-0.3, -0.25) is 0 Å². The van der Waals surface area contributed by atoms with E-state index in [0.29, 0.717) is 31.0 Å². The number of carbonyl (C=O) groups is 1. The van der Waals surface area contributed by atoms with Crippen molar-refractivity contribution in [3.8, 4) is 0 Å². The molecule has 0 unspecified atom stereocenters. The van der Waals surface area contributed by atoms with Gasteiger partial charge in [-0.1, -0.05) is 51.1 Å². The monoisotopic (exact) mass is 477 g/mol. The van der Waals surface area contributed by atoms with Crippen molar-refractivity contribution < 1.29 is 4.79 Å². The summed E-state index contributed by atoms with van der Waals surface area (Å²) in [5.41, 5.74) is 2.91. The van der Waals surface area contributed by atoms with Gasteiger partial charge in [0.15, 0.2) is 0 Å². The third kappa shape index (κ3) is 4.63. The highest BCUT2D eigenvalue weighted by Gasteiger charge is 2.33. The van der Waals surface area contributed by atoms with E-state index in [0.717, 1.165) is 48.0 Å². The van der Waals surface area contributed by atoms with Crippen molar-refractivity contribution in [2.45, 2.75) is 53.5 Å². The average Bonchev–Trinajstić information content (AvgIpc) is 3.19.